The van der Waals surface area contributed by atoms with Gasteiger partial charge in [-0.2, -0.15) is 5.26 Å². The Kier molecular flexibility index (Phi) is 7.92. The second-order valence-electron chi connectivity index (χ2n) is 5.84. The van der Waals surface area contributed by atoms with Crippen molar-refractivity contribution in [3.8, 4) is 23.3 Å². The average Bonchev–Trinajstić information content (AvgIpc) is 2.72. The number of rotatable bonds is 9. The molecule has 146 valence electrons. The van der Waals surface area contributed by atoms with Crippen LogP contribution in [0.4, 0.5) is 5.69 Å². The molecule has 0 unspecified atom stereocenters. The Morgan fingerprint density at radius 2 is 1.86 bits per heavy atom. The van der Waals surface area contributed by atoms with Crippen molar-refractivity contribution in [1.82, 2.24) is 0 Å². The number of anilines is 1. The van der Waals surface area contributed by atoms with Gasteiger partial charge >= 0.3 is 0 Å². The molecule has 1 N–H and O–H groups in total. The summed E-state index contributed by atoms with van der Waals surface area (Å²) in [5.74, 6) is 1.40. The minimum Gasteiger partial charge on any atom is -0.494 e. The lowest BCUT2D eigenvalue weighted by Gasteiger charge is -2.11. The molecular formula is C22H24N2O4. The average molecular weight is 380 g/mol. The predicted molar refractivity (Wildman–Crippen MR) is 109 cm³/mol. The molecule has 6 heteroatoms. The fourth-order valence-electron chi connectivity index (χ4n) is 2.42. The Morgan fingerprint density at radius 1 is 1.11 bits per heavy atom. The molecule has 0 spiro atoms. The Bertz CT molecular complexity index is 867. The molecule has 0 heterocycles. The van der Waals surface area contributed by atoms with Crippen LogP contribution in [0.1, 0.15) is 25.8 Å². The number of carbonyl (C=O) groups is 1. The maximum atomic E-state index is 12.4. The number of methoxy groups -OCH3 is 1. The molecule has 2 aromatic rings. The molecule has 0 bridgehead atoms. The maximum Gasteiger partial charge on any atom is 0.266 e. The Hall–Kier alpha value is -3.46. The van der Waals surface area contributed by atoms with Crippen molar-refractivity contribution in [3.05, 3.63) is 53.6 Å². The quantitative estimate of drug-likeness (QED) is 0.514. The van der Waals surface area contributed by atoms with E-state index in [0.29, 0.717) is 41.7 Å². The highest BCUT2D eigenvalue weighted by atomic mass is 16.5. The largest absolute Gasteiger partial charge is 0.494 e. The third-order valence-corrected chi connectivity index (χ3v) is 3.75. The fraction of sp³-hybridized carbons (Fsp3) is 0.273. The first-order valence-corrected chi connectivity index (χ1v) is 9.08. The van der Waals surface area contributed by atoms with Gasteiger partial charge in [0.1, 0.15) is 17.4 Å². The zero-order chi connectivity index (χ0) is 20.4. The van der Waals surface area contributed by atoms with Crippen LogP contribution in [-0.2, 0) is 4.79 Å². The van der Waals surface area contributed by atoms with Crippen molar-refractivity contribution in [2.75, 3.05) is 25.6 Å². The highest BCUT2D eigenvalue weighted by Crippen LogP contribution is 2.29. The molecular weight excluding hydrogens is 356 g/mol. The SMILES string of the molecule is CCCOc1ccc(C=C(C#N)C(=O)Nc2ccc(OCC)cc2)cc1OC. The molecule has 0 saturated heterocycles. The number of hydrogen-bond acceptors (Lipinski definition) is 5. The summed E-state index contributed by atoms with van der Waals surface area (Å²) in [6.45, 7) is 5.07. The zero-order valence-corrected chi connectivity index (χ0v) is 16.3. The molecule has 0 fully saturated rings. The second kappa shape index (κ2) is 10.6. The van der Waals surface area contributed by atoms with Crippen LogP contribution in [0.15, 0.2) is 48.0 Å². The van der Waals surface area contributed by atoms with Gasteiger partial charge in [-0.1, -0.05) is 13.0 Å². The number of benzene rings is 2. The third kappa shape index (κ3) is 5.78. The van der Waals surface area contributed by atoms with Gasteiger partial charge in [-0.25, -0.2) is 0 Å². The van der Waals surface area contributed by atoms with Crippen LogP contribution in [0, 0.1) is 11.3 Å². The second-order valence-corrected chi connectivity index (χ2v) is 5.84. The van der Waals surface area contributed by atoms with Gasteiger partial charge in [0.15, 0.2) is 11.5 Å². The molecule has 28 heavy (non-hydrogen) atoms. The number of ether oxygens (including phenoxy) is 3. The van der Waals surface area contributed by atoms with Crippen LogP contribution < -0.4 is 19.5 Å². The Balaban J connectivity index is 2.15. The number of amides is 1. The molecule has 0 saturated carbocycles. The number of nitrogens with zero attached hydrogens (tertiary/aromatic N) is 1. The lowest BCUT2D eigenvalue weighted by atomic mass is 10.1. The molecule has 0 aliphatic rings. The minimum atomic E-state index is -0.489. The van der Waals surface area contributed by atoms with Gasteiger partial charge in [0.25, 0.3) is 5.91 Å². The van der Waals surface area contributed by atoms with Crippen LogP contribution in [0.25, 0.3) is 6.08 Å². The Labute approximate surface area is 165 Å². The van der Waals surface area contributed by atoms with Crippen LogP contribution in [-0.4, -0.2) is 26.2 Å². The van der Waals surface area contributed by atoms with Crippen molar-refractivity contribution >= 4 is 17.7 Å². The number of nitrogens with one attached hydrogen (secondary N) is 1. The standard InChI is InChI=1S/C22H24N2O4/c1-4-12-28-20-11-6-16(14-21(20)26-3)13-17(15-23)22(25)24-18-7-9-19(10-8-18)27-5-2/h6-11,13-14H,4-5,12H2,1-3H3,(H,24,25). The summed E-state index contributed by atoms with van der Waals surface area (Å²) in [5, 5.41) is 12.1. The fourth-order valence-corrected chi connectivity index (χ4v) is 2.42. The van der Waals surface area contributed by atoms with E-state index in [2.05, 4.69) is 5.32 Å². The molecule has 1 amide bonds. The summed E-state index contributed by atoms with van der Waals surface area (Å²) < 4.78 is 16.3. The van der Waals surface area contributed by atoms with E-state index in [9.17, 15) is 10.1 Å². The van der Waals surface area contributed by atoms with E-state index in [4.69, 9.17) is 14.2 Å². The van der Waals surface area contributed by atoms with Gasteiger partial charge in [-0.3, -0.25) is 4.79 Å². The summed E-state index contributed by atoms with van der Waals surface area (Å²) in [6, 6.07) is 14.2. The van der Waals surface area contributed by atoms with Crippen LogP contribution in [0.3, 0.4) is 0 Å². The van der Waals surface area contributed by atoms with Crippen LogP contribution >= 0.6 is 0 Å². The van der Waals surface area contributed by atoms with Gasteiger partial charge in [0.05, 0.1) is 20.3 Å². The molecule has 0 radical (unpaired) electrons. The van der Waals surface area contributed by atoms with Crippen molar-refractivity contribution in [3.63, 3.8) is 0 Å². The van der Waals surface area contributed by atoms with Gasteiger partial charge < -0.3 is 19.5 Å². The zero-order valence-electron chi connectivity index (χ0n) is 16.3. The molecule has 0 aliphatic heterocycles. The van der Waals surface area contributed by atoms with Crippen LogP contribution in [0.2, 0.25) is 0 Å². The molecule has 2 rings (SSSR count). The summed E-state index contributed by atoms with van der Waals surface area (Å²) in [6.07, 6.45) is 2.39. The number of hydrogen-bond donors (Lipinski definition) is 1. The first-order valence-electron chi connectivity index (χ1n) is 9.08. The smallest absolute Gasteiger partial charge is 0.266 e. The maximum absolute atomic E-state index is 12.4. The summed E-state index contributed by atoms with van der Waals surface area (Å²) in [4.78, 5) is 12.4. The Morgan fingerprint density at radius 3 is 2.46 bits per heavy atom. The van der Waals surface area contributed by atoms with E-state index in [-0.39, 0.29) is 5.57 Å². The van der Waals surface area contributed by atoms with E-state index in [0.717, 1.165) is 6.42 Å². The summed E-state index contributed by atoms with van der Waals surface area (Å²) in [5.41, 5.74) is 1.23. The van der Waals surface area contributed by atoms with E-state index in [1.165, 1.54) is 6.08 Å². The lowest BCUT2D eigenvalue weighted by molar-refractivity contribution is -0.112. The van der Waals surface area contributed by atoms with E-state index in [1.54, 1.807) is 49.6 Å². The third-order valence-electron chi connectivity index (χ3n) is 3.75. The molecule has 0 aromatic heterocycles. The van der Waals surface area contributed by atoms with Crippen LogP contribution in [0.5, 0.6) is 17.2 Å². The molecule has 0 atom stereocenters. The number of carbonyl (C=O) groups excluding carboxylic acids is 1. The van der Waals surface area contributed by atoms with E-state index >= 15 is 0 Å². The molecule has 6 nitrogen and oxygen atoms in total. The number of nitriles is 1. The normalized spacial score (nSPS) is 10.7. The van der Waals surface area contributed by atoms with Crippen molar-refractivity contribution in [2.45, 2.75) is 20.3 Å². The van der Waals surface area contributed by atoms with Gasteiger partial charge in [-0.05, 0) is 61.4 Å². The summed E-state index contributed by atoms with van der Waals surface area (Å²) >= 11 is 0. The van der Waals surface area contributed by atoms with Crippen molar-refractivity contribution in [2.24, 2.45) is 0 Å². The van der Waals surface area contributed by atoms with Crippen molar-refractivity contribution in [1.29, 1.82) is 5.26 Å². The van der Waals surface area contributed by atoms with E-state index < -0.39 is 5.91 Å². The van der Waals surface area contributed by atoms with Crippen molar-refractivity contribution < 1.29 is 19.0 Å². The van der Waals surface area contributed by atoms with Gasteiger partial charge in [-0.15, -0.1) is 0 Å². The predicted octanol–water partition coefficient (Wildman–Crippen LogP) is 4.43. The van der Waals surface area contributed by atoms with E-state index in [1.807, 2.05) is 19.9 Å². The molecule has 2 aromatic carbocycles. The molecule has 0 aliphatic carbocycles. The minimum absolute atomic E-state index is 0.0156. The topological polar surface area (TPSA) is 80.6 Å². The first kappa shape index (κ1) is 20.8. The summed E-state index contributed by atoms with van der Waals surface area (Å²) in [7, 11) is 1.55. The van der Waals surface area contributed by atoms with Gasteiger partial charge in [0.2, 0.25) is 0 Å². The van der Waals surface area contributed by atoms with Gasteiger partial charge in [0, 0.05) is 5.69 Å². The lowest BCUT2D eigenvalue weighted by Crippen LogP contribution is -2.13. The highest BCUT2D eigenvalue weighted by molar-refractivity contribution is 6.09. The monoisotopic (exact) mass is 380 g/mol. The first-order chi connectivity index (χ1) is 13.6. The highest BCUT2D eigenvalue weighted by Gasteiger charge is 2.11.